The van der Waals surface area contributed by atoms with Crippen molar-refractivity contribution in [3.8, 4) is 73.2 Å². The van der Waals surface area contributed by atoms with Crippen molar-refractivity contribution in [3.63, 3.8) is 0 Å². The lowest BCUT2D eigenvalue weighted by atomic mass is 10.00. The molecular weight excluding hydrogens is 937 g/mol. The molecule has 0 bridgehead atoms. The lowest BCUT2D eigenvalue weighted by Crippen LogP contribution is -2.74. The number of aromatic nitrogens is 4. The van der Waals surface area contributed by atoms with Crippen LogP contribution in [0.4, 0.5) is 0 Å². The summed E-state index contributed by atoms with van der Waals surface area (Å²) >= 11 is 0. The Labute approximate surface area is 445 Å². The monoisotopic (exact) mass is 988 g/mol. The zero-order chi connectivity index (χ0) is 51.0. The molecule has 76 heavy (non-hydrogen) atoms. The van der Waals surface area contributed by atoms with Gasteiger partial charge in [-0.3, -0.25) is 0 Å². The van der Waals surface area contributed by atoms with E-state index in [1.807, 2.05) is 36.4 Å². The van der Waals surface area contributed by atoms with Crippen LogP contribution < -0.4 is 20.7 Å². The topological polar surface area (TPSA) is 43.6 Å². The lowest BCUT2D eigenvalue weighted by Gasteiger charge is -2.34. The molecule has 13 aromatic rings. The Morgan fingerprint density at radius 1 is 0.276 bits per heavy atom. The van der Waals surface area contributed by atoms with Crippen molar-refractivity contribution in [1.29, 1.82) is 0 Å². The smallest absolute Gasteiger partial charge is 0.179 e. The Hall–Kier alpha value is -9.55. The molecule has 13 rings (SSSR count). The van der Waals surface area contributed by atoms with Crippen LogP contribution in [0, 0.1) is 13.8 Å². The summed E-state index contributed by atoms with van der Waals surface area (Å²) in [7, 11) is -2.91. The van der Waals surface area contributed by atoms with Crippen LogP contribution in [0.2, 0.25) is 0 Å². The van der Waals surface area contributed by atoms with E-state index in [2.05, 4.69) is 261 Å². The van der Waals surface area contributed by atoms with E-state index in [4.69, 9.17) is 15.0 Å². The highest BCUT2D eigenvalue weighted by molar-refractivity contribution is 7.19. The minimum absolute atomic E-state index is 0.597. The van der Waals surface area contributed by atoms with Gasteiger partial charge in [0.1, 0.15) is 0 Å². The van der Waals surface area contributed by atoms with Crippen molar-refractivity contribution in [3.05, 3.63) is 290 Å². The molecule has 4 nitrogen and oxygen atoms in total. The first-order valence-electron chi connectivity index (χ1n) is 26.0. The van der Waals surface area contributed by atoms with Gasteiger partial charge in [0.25, 0.3) is 0 Å². The molecule has 2 heterocycles. The Morgan fingerprint density at radius 2 is 0.645 bits per heavy atom. The Morgan fingerprint density at radius 3 is 1.09 bits per heavy atom. The number of hydrogen-bond donors (Lipinski definition) is 0. The Kier molecular flexibility index (Phi) is 12.0. The Bertz CT molecular complexity index is 3940. The summed E-state index contributed by atoms with van der Waals surface area (Å²) in [6, 6.07) is 102. The molecule has 360 valence electrons. The summed E-state index contributed by atoms with van der Waals surface area (Å²) in [6.45, 7) is 4.29. The van der Waals surface area contributed by atoms with Gasteiger partial charge < -0.3 is 4.57 Å². The fourth-order valence-electron chi connectivity index (χ4n) is 11.2. The van der Waals surface area contributed by atoms with Crippen LogP contribution >= 0.6 is 0 Å². The van der Waals surface area contributed by atoms with Gasteiger partial charge in [0.05, 0.1) is 16.7 Å². The average Bonchev–Trinajstić information content (AvgIpc) is 3.87. The van der Waals surface area contributed by atoms with E-state index >= 15 is 0 Å². The third kappa shape index (κ3) is 8.43. The SMILES string of the molecule is Cc1ccc(-c2ccc3c4ccc(-c5ccc(C)cc5)cc4n(-c4cc(-c5nc(-c6ccccc6)nc(-c6ccccc6)n5)ccc4-c4cccc([Si](c5ccccc5)(c5ccccc5)c5ccccc5)c4)c3c2)cc1. The quantitative estimate of drug-likeness (QED) is 0.0958. The predicted octanol–water partition coefficient (Wildman–Crippen LogP) is 15.0. The largest absolute Gasteiger partial charge is 0.309 e. The van der Waals surface area contributed by atoms with Gasteiger partial charge in [-0.2, -0.15) is 0 Å². The first-order chi connectivity index (χ1) is 37.5. The highest BCUT2D eigenvalue weighted by Crippen LogP contribution is 2.41. The summed E-state index contributed by atoms with van der Waals surface area (Å²) < 4.78 is 2.50. The van der Waals surface area contributed by atoms with E-state index < -0.39 is 8.07 Å². The van der Waals surface area contributed by atoms with Crippen LogP contribution in [0.3, 0.4) is 0 Å². The van der Waals surface area contributed by atoms with Crippen LogP contribution in [0.5, 0.6) is 0 Å². The van der Waals surface area contributed by atoms with E-state index in [0.717, 1.165) is 55.7 Å². The maximum atomic E-state index is 5.29. The maximum Gasteiger partial charge on any atom is 0.179 e. The zero-order valence-electron chi connectivity index (χ0n) is 42.3. The number of benzene rings is 11. The van der Waals surface area contributed by atoms with Gasteiger partial charge in [-0.15, -0.1) is 0 Å². The second-order valence-electron chi connectivity index (χ2n) is 19.7. The van der Waals surface area contributed by atoms with Crippen molar-refractivity contribution < 1.29 is 0 Å². The van der Waals surface area contributed by atoms with E-state index in [1.54, 1.807) is 0 Å². The van der Waals surface area contributed by atoms with Gasteiger partial charge in [0, 0.05) is 33.0 Å². The highest BCUT2D eigenvalue weighted by Gasteiger charge is 2.41. The molecule has 0 amide bonds. The third-order valence-electron chi connectivity index (χ3n) is 15.0. The molecule has 0 spiro atoms. The summed E-state index contributed by atoms with van der Waals surface area (Å²) in [4.78, 5) is 15.7. The second kappa shape index (κ2) is 19.7. The van der Waals surface area contributed by atoms with Crippen LogP contribution in [-0.2, 0) is 0 Å². The summed E-state index contributed by atoms with van der Waals surface area (Å²) in [5.74, 6) is 1.84. The predicted molar refractivity (Wildman–Crippen MR) is 320 cm³/mol. The first kappa shape index (κ1) is 46.2. The maximum absolute atomic E-state index is 5.29. The van der Waals surface area contributed by atoms with Gasteiger partial charge in [0.2, 0.25) is 0 Å². The fraction of sp³-hybridized carbons (Fsp3) is 0.0282. The number of nitrogens with zero attached hydrogens (tertiary/aromatic N) is 4. The number of hydrogen-bond acceptors (Lipinski definition) is 3. The minimum Gasteiger partial charge on any atom is -0.309 e. The Balaban J connectivity index is 1.12. The normalized spacial score (nSPS) is 11.6. The standard InChI is InChI=1S/C71H52N4Si/c1-49-31-35-51(36-32-49)55-39-43-64-65-44-40-56(52-37-33-50(2)34-38-52)47-68(65)75(67(64)46-55)66-48-58(71-73-69(53-19-8-3-9-20-53)72-70(74-71)54-21-10-4-11-22-54)41-42-63(66)57-23-18-30-62(45-57)76(59-24-12-5-13-25-59,60-26-14-6-15-27-60)61-28-16-7-17-29-61/h3-48H,1-2H3. The lowest BCUT2D eigenvalue weighted by molar-refractivity contribution is 1.07. The molecule has 0 aliphatic carbocycles. The van der Waals surface area contributed by atoms with Crippen LogP contribution in [0.15, 0.2) is 279 Å². The molecule has 0 unspecified atom stereocenters. The van der Waals surface area contributed by atoms with E-state index in [9.17, 15) is 0 Å². The van der Waals surface area contributed by atoms with Gasteiger partial charge in [-0.25, -0.2) is 15.0 Å². The van der Waals surface area contributed by atoms with Crippen molar-refractivity contribution in [1.82, 2.24) is 19.5 Å². The minimum atomic E-state index is -2.91. The number of rotatable bonds is 11. The van der Waals surface area contributed by atoms with E-state index in [0.29, 0.717) is 17.5 Å². The van der Waals surface area contributed by atoms with E-state index in [1.165, 1.54) is 53.8 Å². The van der Waals surface area contributed by atoms with Crippen LogP contribution in [0.1, 0.15) is 11.1 Å². The van der Waals surface area contributed by atoms with Crippen molar-refractivity contribution in [2.75, 3.05) is 0 Å². The molecule has 0 aliphatic heterocycles. The van der Waals surface area contributed by atoms with Crippen LogP contribution in [0.25, 0.3) is 95.0 Å². The molecule has 0 saturated heterocycles. The molecule has 0 saturated carbocycles. The van der Waals surface area contributed by atoms with Gasteiger partial charge >= 0.3 is 0 Å². The zero-order valence-corrected chi connectivity index (χ0v) is 43.3. The summed E-state index contributed by atoms with van der Waals surface area (Å²) in [5, 5.41) is 7.63. The first-order valence-corrected chi connectivity index (χ1v) is 28.0. The van der Waals surface area contributed by atoms with Crippen molar-refractivity contribution >= 4 is 50.6 Å². The van der Waals surface area contributed by atoms with E-state index in [-0.39, 0.29) is 0 Å². The molecule has 5 heteroatoms. The second-order valence-corrected chi connectivity index (χ2v) is 23.5. The van der Waals surface area contributed by atoms with Gasteiger partial charge in [0.15, 0.2) is 25.5 Å². The van der Waals surface area contributed by atoms with Crippen molar-refractivity contribution in [2.24, 2.45) is 0 Å². The third-order valence-corrected chi connectivity index (χ3v) is 19.7. The molecule has 0 radical (unpaired) electrons. The fourth-order valence-corrected chi connectivity index (χ4v) is 15.9. The summed E-state index contributed by atoms with van der Waals surface area (Å²) in [6.07, 6.45) is 0. The highest BCUT2D eigenvalue weighted by atomic mass is 28.3. The average molecular weight is 989 g/mol. The van der Waals surface area contributed by atoms with Gasteiger partial charge in [-0.1, -0.05) is 272 Å². The van der Waals surface area contributed by atoms with Crippen LogP contribution in [-0.4, -0.2) is 27.6 Å². The molecule has 0 N–H and O–H groups in total. The van der Waals surface area contributed by atoms with Crippen molar-refractivity contribution in [2.45, 2.75) is 13.8 Å². The van der Waals surface area contributed by atoms with Gasteiger partial charge in [-0.05, 0) is 80.6 Å². The summed E-state index contributed by atoms with van der Waals surface area (Å²) in [5.41, 5.74) is 15.3. The number of fused-ring (bicyclic) bond motifs is 3. The number of aryl methyl sites for hydroxylation is 2. The molecule has 2 aromatic heterocycles. The molecule has 0 fully saturated rings. The molecule has 0 aliphatic rings. The molecule has 0 atom stereocenters. The molecular formula is C71H52N4Si. The molecule has 11 aromatic carbocycles.